The highest BCUT2D eigenvalue weighted by molar-refractivity contribution is 9.10. The van der Waals surface area contributed by atoms with Crippen molar-refractivity contribution in [2.45, 2.75) is 13.5 Å². The number of halogens is 4. The molecule has 1 aromatic carbocycles. The second-order valence-corrected chi connectivity index (χ2v) is 4.79. The van der Waals surface area contributed by atoms with Crippen LogP contribution in [0.2, 0.25) is 0 Å². The van der Waals surface area contributed by atoms with E-state index in [0.717, 1.165) is 16.2 Å². The van der Waals surface area contributed by atoms with Crippen LogP contribution in [-0.2, 0) is 6.54 Å². The molecule has 0 spiro atoms. The number of hydrogen-bond acceptors (Lipinski definition) is 2. The molecule has 0 aliphatic heterocycles. The molecule has 1 N–H and O–H groups in total. The molecule has 0 saturated heterocycles. The first-order valence-electron chi connectivity index (χ1n) is 5.47. The largest absolute Gasteiger partial charge is 0.380 e. The average Bonchev–Trinajstić information content (AvgIpc) is 2.36. The van der Waals surface area contributed by atoms with Crippen molar-refractivity contribution >= 4 is 21.6 Å². The van der Waals surface area contributed by atoms with E-state index in [0.29, 0.717) is 11.8 Å². The fraction of sp³-hybridized carbons (Fsp3) is 0.154. The summed E-state index contributed by atoms with van der Waals surface area (Å²) in [6.07, 6.45) is 1.56. The van der Waals surface area contributed by atoms with E-state index in [9.17, 15) is 13.2 Å². The standard InChI is InChI=1S/C13H10BrF3N2/c1-7-2-9(6-19-13(7)14)18-5-8-3-11(16)12(17)4-10(8)15/h2-4,6,18H,5H2,1H3. The zero-order chi connectivity index (χ0) is 14.0. The number of nitrogens with one attached hydrogen (secondary N) is 1. The lowest BCUT2D eigenvalue weighted by Gasteiger charge is -2.09. The van der Waals surface area contributed by atoms with Gasteiger partial charge < -0.3 is 5.32 Å². The summed E-state index contributed by atoms with van der Waals surface area (Å²) in [4.78, 5) is 4.07. The first-order valence-corrected chi connectivity index (χ1v) is 6.26. The summed E-state index contributed by atoms with van der Waals surface area (Å²) in [5.74, 6) is -3.04. The maximum Gasteiger partial charge on any atom is 0.161 e. The second kappa shape index (κ2) is 5.61. The molecular formula is C13H10BrF3N2. The van der Waals surface area contributed by atoms with Gasteiger partial charge in [-0.1, -0.05) is 0 Å². The predicted octanol–water partition coefficient (Wildman–Crippen LogP) is 4.18. The highest BCUT2D eigenvalue weighted by atomic mass is 79.9. The van der Waals surface area contributed by atoms with Gasteiger partial charge in [-0.15, -0.1) is 0 Å². The minimum Gasteiger partial charge on any atom is -0.380 e. The number of rotatable bonds is 3. The van der Waals surface area contributed by atoms with Gasteiger partial charge in [-0.05, 0) is 40.5 Å². The lowest BCUT2D eigenvalue weighted by atomic mass is 10.2. The third-order valence-electron chi connectivity index (χ3n) is 2.59. The molecule has 19 heavy (non-hydrogen) atoms. The summed E-state index contributed by atoms with van der Waals surface area (Å²) >= 11 is 3.26. The molecule has 2 rings (SSSR count). The van der Waals surface area contributed by atoms with Crippen molar-refractivity contribution in [3.8, 4) is 0 Å². The van der Waals surface area contributed by atoms with Crippen LogP contribution in [-0.4, -0.2) is 4.98 Å². The number of aromatic nitrogens is 1. The van der Waals surface area contributed by atoms with Crippen molar-refractivity contribution in [1.29, 1.82) is 0 Å². The molecule has 0 fully saturated rings. The van der Waals surface area contributed by atoms with Gasteiger partial charge in [-0.2, -0.15) is 0 Å². The Labute approximate surface area is 116 Å². The molecular weight excluding hydrogens is 321 g/mol. The van der Waals surface area contributed by atoms with Crippen LogP contribution in [0.15, 0.2) is 29.0 Å². The van der Waals surface area contributed by atoms with Crippen LogP contribution in [0, 0.1) is 24.4 Å². The molecule has 0 amide bonds. The van der Waals surface area contributed by atoms with Gasteiger partial charge >= 0.3 is 0 Å². The molecule has 0 saturated carbocycles. The summed E-state index contributed by atoms with van der Waals surface area (Å²) in [7, 11) is 0. The lowest BCUT2D eigenvalue weighted by molar-refractivity contribution is 0.490. The number of aryl methyl sites for hydroxylation is 1. The molecule has 0 unspecified atom stereocenters. The van der Waals surface area contributed by atoms with E-state index in [-0.39, 0.29) is 12.1 Å². The normalized spacial score (nSPS) is 10.6. The van der Waals surface area contributed by atoms with Gasteiger partial charge in [-0.25, -0.2) is 18.2 Å². The van der Waals surface area contributed by atoms with Crippen LogP contribution in [0.5, 0.6) is 0 Å². The van der Waals surface area contributed by atoms with Crippen LogP contribution < -0.4 is 5.32 Å². The first-order chi connectivity index (χ1) is 8.97. The van der Waals surface area contributed by atoms with Crippen molar-refractivity contribution in [3.05, 3.63) is 57.6 Å². The fourth-order valence-corrected chi connectivity index (χ4v) is 1.77. The molecule has 100 valence electrons. The number of nitrogens with zero attached hydrogens (tertiary/aromatic N) is 1. The lowest BCUT2D eigenvalue weighted by Crippen LogP contribution is -2.04. The highest BCUT2D eigenvalue weighted by Crippen LogP contribution is 2.19. The third kappa shape index (κ3) is 3.26. The Bertz CT molecular complexity index is 617. The van der Waals surface area contributed by atoms with E-state index in [1.165, 1.54) is 0 Å². The maximum atomic E-state index is 13.4. The summed E-state index contributed by atoms with van der Waals surface area (Å²) in [6, 6.07) is 3.20. The smallest absolute Gasteiger partial charge is 0.161 e. The Morgan fingerprint density at radius 3 is 2.47 bits per heavy atom. The zero-order valence-corrected chi connectivity index (χ0v) is 11.6. The Kier molecular flexibility index (Phi) is 4.09. The van der Waals surface area contributed by atoms with Crippen LogP contribution in [0.1, 0.15) is 11.1 Å². The average molecular weight is 331 g/mol. The number of hydrogen-bond donors (Lipinski definition) is 1. The maximum absolute atomic E-state index is 13.4. The van der Waals surface area contributed by atoms with E-state index in [2.05, 4.69) is 26.2 Å². The summed E-state index contributed by atoms with van der Waals surface area (Å²) < 4.78 is 39.9. The van der Waals surface area contributed by atoms with Gasteiger partial charge in [0.25, 0.3) is 0 Å². The molecule has 0 bridgehead atoms. The zero-order valence-electron chi connectivity index (χ0n) is 9.98. The van der Waals surface area contributed by atoms with Crippen LogP contribution in [0.25, 0.3) is 0 Å². The Morgan fingerprint density at radius 2 is 1.79 bits per heavy atom. The summed E-state index contributed by atoms with van der Waals surface area (Å²) in [5.41, 5.74) is 1.64. The van der Waals surface area contributed by atoms with Gasteiger partial charge in [0, 0.05) is 18.2 Å². The minimum absolute atomic E-state index is 0.0474. The molecule has 0 aliphatic rings. The number of anilines is 1. The van der Waals surface area contributed by atoms with Gasteiger partial charge in [0.05, 0.1) is 11.9 Å². The van der Waals surface area contributed by atoms with Crippen molar-refractivity contribution in [1.82, 2.24) is 4.98 Å². The Morgan fingerprint density at radius 1 is 1.11 bits per heavy atom. The van der Waals surface area contributed by atoms with E-state index in [1.54, 1.807) is 6.20 Å². The van der Waals surface area contributed by atoms with E-state index in [4.69, 9.17) is 0 Å². The van der Waals surface area contributed by atoms with Crippen molar-refractivity contribution in [2.75, 3.05) is 5.32 Å². The second-order valence-electron chi connectivity index (χ2n) is 4.04. The van der Waals surface area contributed by atoms with Crippen LogP contribution in [0.4, 0.5) is 18.9 Å². The molecule has 2 nitrogen and oxygen atoms in total. The van der Waals surface area contributed by atoms with Gasteiger partial charge in [0.15, 0.2) is 11.6 Å². The number of benzene rings is 1. The van der Waals surface area contributed by atoms with E-state index in [1.807, 2.05) is 13.0 Å². The van der Waals surface area contributed by atoms with E-state index < -0.39 is 17.5 Å². The quantitative estimate of drug-likeness (QED) is 0.674. The van der Waals surface area contributed by atoms with Gasteiger partial charge in [0.2, 0.25) is 0 Å². The Hall–Kier alpha value is -1.56. The molecule has 2 aromatic rings. The van der Waals surface area contributed by atoms with E-state index >= 15 is 0 Å². The Balaban J connectivity index is 2.14. The SMILES string of the molecule is Cc1cc(NCc2cc(F)c(F)cc2F)cnc1Br. The molecule has 1 aromatic heterocycles. The summed E-state index contributed by atoms with van der Waals surface area (Å²) in [6.45, 7) is 1.91. The third-order valence-corrected chi connectivity index (χ3v) is 3.42. The van der Waals surface area contributed by atoms with Gasteiger partial charge in [-0.3, -0.25) is 0 Å². The van der Waals surface area contributed by atoms with Crippen LogP contribution >= 0.6 is 15.9 Å². The summed E-state index contributed by atoms with van der Waals surface area (Å²) in [5, 5.41) is 2.90. The highest BCUT2D eigenvalue weighted by Gasteiger charge is 2.09. The molecule has 0 aliphatic carbocycles. The topological polar surface area (TPSA) is 24.9 Å². The number of pyridine rings is 1. The van der Waals surface area contributed by atoms with Gasteiger partial charge in [0.1, 0.15) is 10.4 Å². The monoisotopic (exact) mass is 330 g/mol. The van der Waals surface area contributed by atoms with Crippen molar-refractivity contribution < 1.29 is 13.2 Å². The molecule has 0 atom stereocenters. The molecule has 6 heteroatoms. The minimum atomic E-state index is -1.19. The van der Waals surface area contributed by atoms with Crippen molar-refractivity contribution in [2.24, 2.45) is 0 Å². The predicted molar refractivity (Wildman–Crippen MR) is 70.3 cm³/mol. The fourth-order valence-electron chi connectivity index (χ4n) is 1.55. The molecule has 1 heterocycles. The van der Waals surface area contributed by atoms with Crippen molar-refractivity contribution in [3.63, 3.8) is 0 Å². The molecule has 0 radical (unpaired) electrons. The first kappa shape index (κ1) is 13.9. The van der Waals surface area contributed by atoms with Crippen LogP contribution in [0.3, 0.4) is 0 Å².